The van der Waals surface area contributed by atoms with Crippen LogP contribution in [-0.4, -0.2) is 5.78 Å². The molecule has 0 heterocycles. The second-order valence-electron chi connectivity index (χ2n) is 6.24. The van der Waals surface area contributed by atoms with Gasteiger partial charge in [-0.15, -0.1) is 0 Å². The summed E-state index contributed by atoms with van der Waals surface area (Å²) >= 11 is 0. The van der Waals surface area contributed by atoms with E-state index in [1.165, 1.54) is 44.9 Å². The van der Waals surface area contributed by atoms with Crippen LogP contribution in [0, 0.1) is 11.3 Å². The quantitative estimate of drug-likeness (QED) is 0.603. The molecule has 0 N–H and O–H groups in total. The maximum Gasteiger partial charge on any atom is 0.136 e. The highest BCUT2D eigenvalue weighted by Gasteiger charge is 2.41. The van der Waals surface area contributed by atoms with Crippen LogP contribution >= 0.6 is 0 Å². The summed E-state index contributed by atoms with van der Waals surface area (Å²) in [6, 6.07) is 0. The monoisotopic (exact) mass is 234 g/mol. The molecule has 1 heteroatoms. The number of allylic oxidation sites excluding steroid dienone is 2. The molecule has 0 radical (unpaired) electrons. The molecule has 0 aromatic rings. The molecular weight excluding hydrogens is 208 g/mol. The summed E-state index contributed by atoms with van der Waals surface area (Å²) in [5.74, 6) is 0.862. The minimum Gasteiger partial charge on any atom is -0.299 e. The summed E-state index contributed by atoms with van der Waals surface area (Å²) in [4.78, 5) is 11.9. The number of hydrogen-bond donors (Lipinski definition) is 0. The van der Waals surface area contributed by atoms with Gasteiger partial charge in [0.2, 0.25) is 0 Å². The van der Waals surface area contributed by atoms with Gasteiger partial charge in [-0.25, -0.2) is 0 Å². The van der Waals surface area contributed by atoms with E-state index >= 15 is 0 Å². The molecule has 0 saturated carbocycles. The van der Waals surface area contributed by atoms with Crippen molar-refractivity contribution >= 4 is 5.78 Å². The van der Waals surface area contributed by atoms with Gasteiger partial charge in [-0.3, -0.25) is 4.79 Å². The van der Waals surface area contributed by atoms with Gasteiger partial charge >= 0.3 is 0 Å². The van der Waals surface area contributed by atoms with E-state index in [-0.39, 0.29) is 5.41 Å². The summed E-state index contributed by atoms with van der Waals surface area (Å²) in [7, 11) is 0. The van der Waals surface area contributed by atoms with E-state index in [1.807, 2.05) is 0 Å². The van der Waals surface area contributed by atoms with Crippen LogP contribution in [0.15, 0.2) is 11.1 Å². The molecule has 1 nitrogen and oxygen atoms in total. The van der Waals surface area contributed by atoms with Gasteiger partial charge in [0.1, 0.15) is 5.78 Å². The zero-order valence-corrected chi connectivity index (χ0v) is 11.6. The van der Waals surface area contributed by atoms with Gasteiger partial charge in [0.15, 0.2) is 0 Å². The highest BCUT2D eigenvalue weighted by atomic mass is 16.1. The third-order valence-corrected chi connectivity index (χ3v) is 5.36. The molecule has 0 aromatic heterocycles. The largest absolute Gasteiger partial charge is 0.299 e. The Labute approximate surface area is 106 Å². The second-order valence-corrected chi connectivity index (χ2v) is 6.24. The fourth-order valence-electron chi connectivity index (χ4n) is 3.65. The molecule has 0 saturated heterocycles. The van der Waals surface area contributed by atoms with Crippen molar-refractivity contribution in [1.29, 1.82) is 0 Å². The van der Waals surface area contributed by atoms with Crippen molar-refractivity contribution in [2.75, 3.05) is 0 Å². The molecule has 2 atom stereocenters. The Hall–Kier alpha value is -0.590. The van der Waals surface area contributed by atoms with E-state index in [0.717, 1.165) is 6.42 Å². The van der Waals surface area contributed by atoms with Gasteiger partial charge in [0.25, 0.3) is 0 Å². The number of hydrogen-bond acceptors (Lipinski definition) is 1. The molecule has 0 fully saturated rings. The van der Waals surface area contributed by atoms with Gasteiger partial charge < -0.3 is 0 Å². The first-order chi connectivity index (χ1) is 8.05. The Morgan fingerprint density at radius 2 is 1.76 bits per heavy atom. The molecule has 0 aliphatic heterocycles. The molecule has 96 valence electrons. The third kappa shape index (κ3) is 2.34. The zero-order chi connectivity index (χ0) is 12.5. The van der Waals surface area contributed by atoms with Gasteiger partial charge in [-0.1, -0.05) is 37.8 Å². The second kappa shape index (κ2) is 4.96. The molecule has 2 unspecified atom stereocenters. The van der Waals surface area contributed by atoms with Gasteiger partial charge in [0, 0.05) is 5.41 Å². The highest BCUT2D eigenvalue weighted by molar-refractivity contribution is 5.83. The summed E-state index contributed by atoms with van der Waals surface area (Å²) < 4.78 is 0. The Morgan fingerprint density at radius 3 is 2.41 bits per heavy atom. The minimum absolute atomic E-state index is 0.0853. The van der Waals surface area contributed by atoms with Crippen molar-refractivity contribution in [2.24, 2.45) is 11.3 Å². The van der Waals surface area contributed by atoms with E-state index in [9.17, 15) is 4.79 Å². The van der Waals surface area contributed by atoms with Crippen molar-refractivity contribution in [2.45, 2.75) is 72.1 Å². The van der Waals surface area contributed by atoms with Crippen molar-refractivity contribution < 1.29 is 4.79 Å². The lowest BCUT2D eigenvalue weighted by Crippen LogP contribution is -2.37. The topological polar surface area (TPSA) is 17.1 Å². The minimum atomic E-state index is -0.0853. The maximum absolute atomic E-state index is 11.9. The van der Waals surface area contributed by atoms with E-state index in [0.29, 0.717) is 11.7 Å². The van der Waals surface area contributed by atoms with E-state index in [1.54, 1.807) is 18.1 Å². The van der Waals surface area contributed by atoms with E-state index < -0.39 is 0 Å². The summed E-state index contributed by atoms with van der Waals surface area (Å²) in [6.45, 7) is 6.25. The Morgan fingerprint density at radius 1 is 1.12 bits per heavy atom. The van der Waals surface area contributed by atoms with Crippen molar-refractivity contribution in [3.05, 3.63) is 11.1 Å². The van der Waals surface area contributed by atoms with Crippen molar-refractivity contribution in [1.82, 2.24) is 0 Å². The Bertz CT molecular complexity index is 339. The number of carbonyl (C=O) groups is 1. The zero-order valence-electron chi connectivity index (χ0n) is 11.6. The van der Waals surface area contributed by atoms with Crippen molar-refractivity contribution in [3.8, 4) is 0 Å². The smallest absolute Gasteiger partial charge is 0.136 e. The summed E-state index contributed by atoms with van der Waals surface area (Å²) in [6.07, 6.45) is 10.3. The average molecular weight is 234 g/mol. The number of carbonyl (C=O) groups excluding carboxylic acids is 1. The van der Waals surface area contributed by atoms with Crippen LogP contribution in [0.2, 0.25) is 0 Å². The lowest BCUT2D eigenvalue weighted by molar-refractivity contribution is -0.128. The van der Waals surface area contributed by atoms with Crippen LogP contribution in [0.4, 0.5) is 0 Å². The summed E-state index contributed by atoms with van der Waals surface area (Å²) in [5.41, 5.74) is 3.27. The molecular formula is C16H26O. The lowest BCUT2D eigenvalue weighted by atomic mass is 9.62. The molecule has 0 amide bonds. The number of ketones is 1. The molecule has 2 aliphatic carbocycles. The Balaban J connectivity index is 2.28. The SMILES string of the molecule is CC(=O)C1(C)CCC2=C(CCCCCC2)C1C. The van der Waals surface area contributed by atoms with Crippen molar-refractivity contribution in [3.63, 3.8) is 0 Å². The molecule has 0 bridgehead atoms. The first-order valence-corrected chi connectivity index (χ1v) is 7.27. The molecule has 0 aromatic carbocycles. The standard InChI is InChI=1S/C16H26O/c1-12-15-9-7-5-4-6-8-14(15)10-11-16(12,3)13(2)17/h12H,4-11H2,1-3H3. The van der Waals surface area contributed by atoms with Crippen LogP contribution in [0.1, 0.15) is 72.1 Å². The predicted octanol–water partition coefficient (Wildman–Crippen LogP) is 4.66. The van der Waals surface area contributed by atoms with Gasteiger partial charge in [-0.05, 0) is 51.4 Å². The average Bonchev–Trinajstić information content (AvgIpc) is 2.25. The Kier molecular flexibility index (Phi) is 3.75. The first-order valence-electron chi connectivity index (χ1n) is 7.27. The van der Waals surface area contributed by atoms with Crippen LogP contribution in [0.25, 0.3) is 0 Å². The van der Waals surface area contributed by atoms with Gasteiger partial charge in [-0.2, -0.15) is 0 Å². The fraction of sp³-hybridized carbons (Fsp3) is 0.812. The maximum atomic E-state index is 11.9. The first kappa shape index (κ1) is 12.9. The van der Waals surface area contributed by atoms with E-state index in [4.69, 9.17) is 0 Å². The highest BCUT2D eigenvalue weighted by Crippen LogP contribution is 2.47. The lowest BCUT2D eigenvalue weighted by Gasteiger charge is -2.41. The normalized spacial score (nSPS) is 34.9. The molecule has 0 spiro atoms. The molecule has 2 rings (SSSR count). The van der Waals surface area contributed by atoms with Gasteiger partial charge in [0.05, 0.1) is 0 Å². The van der Waals surface area contributed by atoms with Crippen LogP contribution in [0.5, 0.6) is 0 Å². The van der Waals surface area contributed by atoms with Crippen LogP contribution in [-0.2, 0) is 4.79 Å². The van der Waals surface area contributed by atoms with Crippen LogP contribution < -0.4 is 0 Å². The number of rotatable bonds is 1. The summed E-state index contributed by atoms with van der Waals surface area (Å²) in [5, 5.41) is 0. The van der Waals surface area contributed by atoms with E-state index in [2.05, 4.69) is 13.8 Å². The van der Waals surface area contributed by atoms with Crippen LogP contribution in [0.3, 0.4) is 0 Å². The fourth-order valence-corrected chi connectivity index (χ4v) is 3.65. The number of Topliss-reactive ketones (excluding diaryl/α,β-unsaturated/α-hetero) is 1. The molecule has 2 aliphatic rings. The third-order valence-electron chi connectivity index (χ3n) is 5.36. The molecule has 17 heavy (non-hydrogen) atoms. The predicted molar refractivity (Wildman–Crippen MR) is 71.9 cm³/mol.